The van der Waals surface area contributed by atoms with Crippen molar-refractivity contribution < 1.29 is 12.4 Å². The van der Waals surface area contributed by atoms with Crippen LogP contribution in [0.2, 0.25) is 0 Å². The summed E-state index contributed by atoms with van der Waals surface area (Å²) in [5.41, 5.74) is 0.808. The Morgan fingerprint density at radius 1 is 0.477 bits per heavy atom. The van der Waals surface area contributed by atoms with Gasteiger partial charge >= 0.3 is 277 Å². The van der Waals surface area contributed by atoms with Gasteiger partial charge in [0.25, 0.3) is 0 Å². The van der Waals surface area contributed by atoms with Crippen LogP contribution < -0.4 is 0 Å². The van der Waals surface area contributed by atoms with E-state index in [1.165, 1.54) is 128 Å². The fourth-order valence-corrected chi connectivity index (χ4v) is 17.0. The molecule has 0 spiro atoms. The molecule has 0 radical (unpaired) electrons. The predicted octanol–water partition coefficient (Wildman–Crippen LogP) is 13.6. The van der Waals surface area contributed by atoms with Crippen molar-refractivity contribution in [2.75, 3.05) is 24.6 Å². The van der Waals surface area contributed by atoms with Crippen LogP contribution in [-0.4, -0.2) is 33.1 Å². The van der Waals surface area contributed by atoms with Crippen LogP contribution >= 0.6 is 6.83 Å². The van der Waals surface area contributed by atoms with E-state index in [1.807, 2.05) is 25.1 Å². The zero-order valence-electron chi connectivity index (χ0n) is 30.2. The Morgan fingerprint density at radius 2 is 0.773 bits per heavy atom. The van der Waals surface area contributed by atoms with E-state index in [2.05, 4.69) is 27.7 Å². The molecule has 0 aliphatic carbocycles. The first-order valence-electron chi connectivity index (χ1n) is 19.3. The second-order valence-corrected chi connectivity index (χ2v) is 21.6. The summed E-state index contributed by atoms with van der Waals surface area (Å²) >= 11 is 0. The molecule has 1 rings (SSSR count). The second-order valence-electron chi connectivity index (χ2n) is 14.1. The van der Waals surface area contributed by atoms with Crippen LogP contribution in [0.15, 0.2) is 29.2 Å². The van der Waals surface area contributed by atoms with Crippen LogP contribution in [0.4, 0.5) is 0 Å². The van der Waals surface area contributed by atoms with Crippen LogP contribution in [-0.2, 0) is 14.1 Å². The van der Waals surface area contributed by atoms with Gasteiger partial charge in [-0.2, -0.15) is 0 Å². The van der Waals surface area contributed by atoms with Gasteiger partial charge < -0.3 is 0 Å². The van der Waals surface area contributed by atoms with Gasteiger partial charge in [0.05, 0.1) is 0 Å². The molecule has 0 fully saturated rings. The minimum absolute atomic E-state index is 0.394. The van der Waals surface area contributed by atoms with Crippen LogP contribution in [0.1, 0.15) is 187 Å². The monoisotopic (exact) mass is 655 g/mol. The van der Waals surface area contributed by atoms with Crippen molar-refractivity contribution in [1.29, 1.82) is 0 Å². The number of unbranched alkanes of at least 4 members (excludes halogenated alkanes) is 20. The van der Waals surface area contributed by atoms with Crippen molar-refractivity contribution in [2.24, 2.45) is 0 Å². The summed E-state index contributed by atoms with van der Waals surface area (Å²) in [6, 6.07) is 7.50. The number of hydrogen-bond acceptors (Lipinski definition) is 3. The summed E-state index contributed by atoms with van der Waals surface area (Å²) in [7, 11) is -3.85. The molecule has 260 valence electrons. The van der Waals surface area contributed by atoms with Crippen LogP contribution in [0.3, 0.4) is 0 Å². The fraction of sp³-hybridized carbons (Fsp3) is 0.846. The Balaban J connectivity index is 3.46. The summed E-state index contributed by atoms with van der Waals surface area (Å²) in [5, 5.41) is 0. The Hall–Kier alpha value is -0.440. The Kier molecular flexibility index (Phi) is 23.3. The first-order valence-corrected chi connectivity index (χ1v) is 23.6. The van der Waals surface area contributed by atoms with Crippen molar-refractivity contribution in [3.8, 4) is 0 Å². The summed E-state index contributed by atoms with van der Waals surface area (Å²) in [6.07, 6.45) is 33.7. The number of benzene rings is 1. The van der Waals surface area contributed by atoms with Gasteiger partial charge in [0.1, 0.15) is 0 Å². The van der Waals surface area contributed by atoms with E-state index in [-0.39, 0.29) is 0 Å². The van der Waals surface area contributed by atoms with Crippen molar-refractivity contribution in [2.45, 2.75) is 194 Å². The molecule has 3 nitrogen and oxygen atoms in total. The van der Waals surface area contributed by atoms with Gasteiger partial charge in [-0.05, 0) is 0 Å². The van der Waals surface area contributed by atoms with E-state index >= 15 is 0 Å². The average molecular weight is 655 g/mol. The van der Waals surface area contributed by atoms with E-state index in [1.54, 1.807) is 6.07 Å². The number of aryl methyl sites for hydroxylation is 1. The predicted molar refractivity (Wildman–Crippen MR) is 199 cm³/mol. The van der Waals surface area contributed by atoms with Crippen LogP contribution in [0, 0.1) is 6.92 Å². The van der Waals surface area contributed by atoms with Gasteiger partial charge in [-0.3, -0.25) is 0 Å². The van der Waals surface area contributed by atoms with E-state index in [0.29, 0.717) is 4.90 Å². The van der Waals surface area contributed by atoms with Gasteiger partial charge in [0.15, 0.2) is 0 Å². The number of rotatable bonds is 31. The molecule has 0 amide bonds. The molecule has 0 bridgehead atoms. The molecule has 0 atom stereocenters. The summed E-state index contributed by atoms with van der Waals surface area (Å²) in [6.45, 7) is 7.96. The van der Waals surface area contributed by atoms with Gasteiger partial charge in [-0.1, -0.05) is 0 Å². The maximum absolute atomic E-state index is 14.4. The molecule has 0 aliphatic rings. The van der Waals surface area contributed by atoms with Gasteiger partial charge in [-0.25, -0.2) is 0 Å². The topological polar surface area (TPSA) is 43.4 Å². The molecule has 1 aromatic carbocycles. The third-order valence-corrected chi connectivity index (χ3v) is 19.2. The molecule has 0 aromatic heterocycles. The molecule has 0 unspecified atom stereocenters. The Labute approximate surface area is 276 Å². The quantitative estimate of drug-likeness (QED) is 0.0591. The van der Waals surface area contributed by atoms with E-state index in [0.717, 1.165) is 55.9 Å². The molecule has 0 aliphatic heterocycles. The van der Waals surface area contributed by atoms with Crippen LogP contribution in [0.5, 0.6) is 0 Å². The molecule has 0 N–H and O–H groups in total. The van der Waals surface area contributed by atoms with E-state index in [4.69, 9.17) is 3.97 Å². The molecule has 0 saturated heterocycles. The Bertz CT molecular complexity index is 854. The van der Waals surface area contributed by atoms with Gasteiger partial charge in [-0.15, -0.1) is 0 Å². The average Bonchev–Trinajstić information content (AvgIpc) is 3.00. The zero-order chi connectivity index (χ0) is 32.4. The third kappa shape index (κ3) is 16.9. The molecule has 0 heterocycles. The SMILES string of the molecule is CCCCCCCCP(CCCCCCCC)(CCCCCCCC)(CCCCCCCC)OS(=O)(=O)c1ccccc1C. The maximum atomic E-state index is 14.4. The molecular formula is C39H75O3PS. The molecular weight excluding hydrogens is 579 g/mol. The summed E-state index contributed by atoms with van der Waals surface area (Å²) in [4.78, 5) is 0.394. The zero-order valence-corrected chi connectivity index (χ0v) is 31.9. The third-order valence-electron chi connectivity index (χ3n) is 9.98. The second kappa shape index (κ2) is 24.7. The first-order chi connectivity index (χ1) is 21.3. The standard InChI is InChI=1S/C39H75O3PS/c1-6-10-14-18-22-28-34-43(35-29-23-19-15-11-7-2,36-30-24-20-16-12-8-3,37-31-25-21-17-13-9-4)42-44(40,41)39-33-27-26-32-38(39)5/h26-27,32-33H,6-25,28-31,34-37H2,1-5H3. The van der Waals surface area contributed by atoms with Gasteiger partial charge in [0.2, 0.25) is 0 Å². The Morgan fingerprint density at radius 3 is 1.09 bits per heavy atom. The van der Waals surface area contributed by atoms with Crippen LogP contribution in [0.25, 0.3) is 0 Å². The molecule has 44 heavy (non-hydrogen) atoms. The molecule has 0 saturated carbocycles. The van der Waals surface area contributed by atoms with Crippen molar-refractivity contribution in [3.63, 3.8) is 0 Å². The van der Waals surface area contributed by atoms with Crippen molar-refractivity contribution in [1.82, 2.24) is 0 Å². The minimum atomic E-state index is -3.85. The normalized spacial score (nSPS) is 13.2. The molecule has 5 heteroatoms. The summed E-state index contributed by atoms with van der Waals surface area (Å²) in [5.74, 6) is 0. The fourth-order valence-electron chi connectivity index (χ4n) is 7.14. The number of hydrogen-bond donors (Lipinski definition) is 0. The van der Waals surface area contributed by atoms with Crippen molar-refractivity contribution in [3.05, 3.63) is 29.8 Å². The van der Waals surface area contributed by atoms with E-state index < -0.39 is 16.9 Å². The first kappa shape index (κ1) is 41.6. The summed E-state index contributed by atoms with van der Waals surface area (Å²) < 4.78 is 35.9. The van der Waals surface area contributed by atoms with Crippen molar-refractivity contribution >= 4 is 16.9 Å². The molecule has 1 aromatic rings. The van der Waals surface area contributed by atoms with E-state index in [9.17, 15) is 8.42 Å². The van der Waals surface area contributed by atoms with Gasteiger partial charge in [0, 0.05) is 0 Å².